The highest BCUT2D eigenvalue weighted by Crippen LogP contribution is 2.24. The van der Waals surface area contributed by atoms with Gasteiger partial charge >= 0.3 is 0 Å². The highest BCUT2D eigenvalue weighted by molar-refractivity contribution is 5.92. The molecular weight excluding hydrogens is 336 g/mol. The average Bonchev–Trinajstić information content (AvgIpc) is 2.67. The predicted octanol–water partition coefficient (Wildman–Crippen LogP) is 4.45. The first-order valence-corrected chi connectivity index (χ1v) is 8.94. The van der Waals surface area contributed by atoms with E-state index in [2.05, 4.69) is 53.5 Å². The van der Waals surface area contributed by atoms with E-state index in [1.165, 1.54) is 5.56 Å². The Kier molecular flexibility index (Phi) is 5.50. The molecule has 1 amide bonds. The smallest absolute Gasteiger partial charge is 0.270 e. The molecule has 1 heterocycles. The van der Waals surface area contributed by atoms with Gasteiger partial charge in [-0.1, -0.05) is 63.2 Å². The second-order valence-corrected chi connectivity index (χ2v) is 7.39. The van der Waals surface area contributed by atoms with Gasteiger partial charge in [0, 0.05) is 18.4 Å². The molecule has 0 bridgehead atoms. The van der Waals surface area contributed by atoms with Gasteiger partial charge in [-0.3, -0.25) is 4.79 Å². The first kappa shape index (κ1) is 18.6. The van der Waals surface area contributed by atoms with Crippen molar-refractivity contribution in [3.63, 3.8) is 0 Å². The minimum absolute atomic E-state index is 0.103. The number of anilines is 2. The number of benzene rings is 2. The summed E-state index contributed by atoms with van der Waals surface area (Å²) in [7, 11) is 0. The van der Waals surface area contributed by atoms with Crippen molar-refractivity contribution >= 4 is 17.5 Å². The largest absolute Gasteiger partial charge is 0.347 e. The maximum Gasteiger partial charge on any atom is 0.270 e. The summed E-state index contributed by atoms with van der Waals surface area (Å²) in [6.45, 7) is 6.99. The third-order valence-electron chi connectivity index (χ3n) is 4.19. The molecule has 0 spiro atoms. The number of carbonyl (C=O) groups excluding carboxylic acids is 1. The van der Waals surface area contributed by atoms with E-state index < -0.39 is 0 Å². The van der Waals surface area contributed by atoms with Crippen molar-refractivity contribution < 1.29 is 4.79 Å². The van der Waals surface area contributed by atoms with Crippen LogP contribution in [0, 0.1) is 0 Å². The van der Waals surface area contributed by atoms with E-state index in [0.717, 1.165) is 11.3 Å². The summed E-state index contributed by atoms with van der Waals surface area (Å²) in [4.78, 5) is 20.9. The Morgan fingerprint density at radius 1 is 0.963 bits per heavy atom. The van der Waals surface area contributed by atoms with E-state index in [9.17, 15) is 4.79 Å². The van der Waals surface area contributed by atoms with Crippen LogP contribution in [0.4, 0.5) is 11.6 Å². The van der Waals surface area contributed by atoms with Crippen LogP contribution < -0.4 is 10.6 Å². The summed E-state index contributed by atoms with van der Waals surface area (Å²) in [5, 5.41) is 6.02. The highest BCUT2D eigenvalue weighted by Gasteiger charge is 2.13. The van der Waals surface area contributed by atoms with Crippen molar-refractivity contribution in [2.75, 3.05) is 5.32 Å². The van der Waals surface area contributed by atoms with Gasteiger partial charge in [0.2, 0.25) is 5.95 Å². The first-order chi connectivity index (χ1) is 12.9. The molecule has 3 aromatic rings. The number of hydrogen-bond acceptors (Lipinski definition) is 4. The fourth-order valence-electron chi connectivity index (χ4n) is 2.60. The van der Waals surface area contributed by atoms with Crippen molar-refractivity contribution in [1.29, 1.82) is 0 Å². The lowest BCUT2D eigenvalue weighted by Crippen LogP contribution is -2.24. The van der Waals surface area contributed by atoms with Crippen molar-refractivity contribution in [2.24, 2.45) is 0 Å². The Hall–Kier alpha value is -3.21. The highest BCUT2D eigenvalue weighted by atomic mass is 16.1. The summed E-state index contributed by atoms with van der Waals surface area (Å²) >= 11 is 0. The van der Waals surface area contributed by atoms with Gasteiger partial charge in [0.15, 0.2) is 0 Å². The maximum atomic E-state index is 12.3. The number of nitrogens with one attached hydrogen (secondary N) is 2. The molecule has 0 saturated carbocycles. The van der Waals surface area contributed by atoms with Crippen LogP contribution in [0.5, 0.6) is 0 Å². The monoisotopic (exact) mass is 360 g/mol. The van der Waals surface area contributed by atoms with Crippen molar-refractivity contribution in [2.45, 2.75) is 32.7 Å². The summed E-state index contributed by atoms with van der Waals surface area (Å²) in [5.74, 6) is 0.165. The lowest BCUT2D eigenvalue weighted by Gasteiger charge is -2.19. The number of rotatable bonds is 5. The zero-order valence-corrected chi connectivity index (χ0v) is 15.9. The SMILES string of the molecule is CC(C)(C)c1ccc(Nc2nccc(C(=O)NCc3ccccc3)n2)cc1. The van der Waals surface area contributed by atoms with Crippen LogP contribution in [0.25, 0.3) is 0 Å². The second kappa shape index (κ2) is 7.99. The Labute approximate surface area is 159 Å². The van der Waals surface area contributed by atoms with E-state index in [1.54, 1.807) is 12.3 Å². The van der Waals surface area contributed by atoms with E-state index in [0.29, 0.717) is 18.2 Å². The van der Waals surface area contributed by atoms with Gasteiger partial charge in [-0.2, -0.15) is 0 Å². The molecule has 0 atom stereocenters. The standard InChI is InChI=1S/C22H24N4O/c1-22(2,3)17-9-11-18(12-10-17)25-21-23-14-13-19(26-21)20(27)24-15-16-7-5-4-6-8-16/h4-14H,15H2,1-3H3,(H,24,27)(H,23,25,26). The molecule has 138 valence electrons. The molecule has 0 radical (unpaired) electrons. The Morgan fingerprint density at radius 2 is 1.67 bits per heavy atom. The molecule has 27 heavy (non-hydrogen) atoms. The van der Waals surface area contributed by atoms with Gasteiger partial charge in [-0.15, -0.1) is 0 Å². The van der Waals surface area contributed by atoms with Crippen LogP contribution >= 0.6 is 0 Å². The molecule has 0 aliphatic heterocycles. The average molecular weight is 360 g/mol. The molecule has 2 aromatic carbocycles. The van der Waals surface area contributed by atoms with Crippen LogP contribution in [-0.4, -0.2) is 15.9 Å². The van der Waals surface area contributed by atoms with Gasteiger partial charge in [0.1, 0.15) is 5.69 Å². The van der Waals surface area contributed by atoms with Crippen LogP contribution in [0.1, 0.15) is 42.4 Å². The molecule has 3 rings (SSSR count). The van der Waals surface area contributed by atoms with E-state index in [1.807, 2.05) is 42.5 Å². The number of hydrogen-bond donors (Lipinski definition) is 2. The predicted molar refractivity (Wildman–Crippen MR) is 108 cm³/mol. The molecule has 5 nitrogen and oxygen atoms in total. The summed E-state index contributed by atoms with van der Waals surface area (Å²) in [5.41, 5.74) is 3.60. The molecule has 1 aromatic heterocycles. The lowest BCUT2D eigenvalue weighted by molar-refractivity contribution is 0.0946. The number of nitrogens with zero attached hydrogens (tertiary/aromatic N) is 2. The van der Waals surface area contributed by atoms with Crippen LogP contribution in [0.3, 0.4) is 0 Å². The Balaban J connectivity index is 1.65. The number of carbonyl (C=O) groups is 1. The van der Waals surface area contributed by atoms with Crippen molar-refractivity contribution in [3.8, 4) is 0 Å². The number of aromatic nitrogens is 2. The first-order valence-electron chi connectivity index (χ1n) is 8.94. The van der Waals surface area contributed by atoms with Crippen molar-refractivity contribution in [3.05, 3.63) is 83.7 Å². The molecule has 0 aliphatic rings. The van der Waals surface area contributed by atoms with Gasteiger partial charge < -0.3 is 10.6 Å². The molecule has 0 unspecified atom stereocenters. The Morgan fingerprint density at radius 3 is 2.33 bits per heavy atom. The summed E-state index contributed by atoms with van der Waals surface area (Å²) in [6.07, 6.45) is 1.58. The number of amides is 1. The molecule has 2 N–H and O–H groups in total. The van der Waals surface area contributed by atoms with E-state index in [-0.39, 0.29) is 11.3 Å². The fourth-order valence-corrected chi connectivity index (χ4v) is 2.60. The van der Waals surface area contributed by atoms with Gasteiger partial charge in [0.05, 0.1) is 0 Å². The van der Waals surface area contributed by atoms with Gasteiger partial charge in [-0.05, 0) is 34.7 Å². The molecule has 5 heteroatoms. The zero-order chi connectivity index (χ0) is 19.3. The van der Waals surface area contributed by atoms with Crippen molar-refractivity contribution in [1.82, 2.24) is 15.3 Å². The van der Waals surface area contributed by atoms with E-state index in [4.69, 9.17) is 0 Å². The summed E-state index contributed by atoms with van der Waals surface area (Å²) in [6, 6.07) is 19.5. The van der Waals surface area contributed by atoms with Crippen LogP contribution in [-0.2, 0) is 12.0 Å². The Bertz CT molecular complexity index is 900. The lowest BCUT2D eigenvalue weighted by atomic mass is 9.87. The van der Waals surface area contributed by atoms with Crippen LogP contribution in [0.2, 0.25) is 0 Å². The second-order valence-electron chi connectivity index (χ2n) is 7.39. The normalized spacial score (nSPS) is 11.1. The molecule has 0 aliphatic carbocycles. The van der Waals surface area contributed by atoms with Crippen LogP contribution in [0.15, 0.2) is 66.9 Å². The molecule has 0 fully saturated rings. The van der Waals surface area contributed by atoms with Gasteiger partial charge in [0.25, 0.3) is 5.91 Å². The van der Waals surface area contributed by atoms with E-state index >= 15 is 0 Å². The maximum absolute atomic E-state index is 12.3. The fraction of sp³-hybridized carbons (Fsp3) is 0.227. The van der Waals surface area contributed by atoms with Gasteiger partial charge in [-0.25, -0.2) is 9.97 Å². The molecular formula is C22H24N4O. The minimum atomic E-state index is -0.229. The minimum Gasteiger partial charge on any atom is -0.347 e. The topological polar surface area (TPSA) is 66.9 Å². The quantitative estimate of drug-likeness (QED) is 0.705. The zero-order valence-electron chi connectivity index (χ0n) is 15.9. The third-order valence-corrected chi connectivity index (χ3v) is 4.19. The molecule has 0 saturated heterocycles. The summed E-state index contributed by atoms with van der Waals surface area (Å²) < 4.78 is 0. The third kappa shape index (κ3) is 5.14.